The minimum Gasteiger partial charge on any atom is -0.488 e. The Kier molecular flexibility index (Phi) is 9.68. The number of anilines is 1. The van der Waals surface area contributed by atoms with Crippen LogP contribution in [0.25, 0.3) is 0 Å². The molecule has 0 unspecified atom stereocenters. The fourth-order valence-electron chi connectivity index (χ4n) is 4.71. The van der Waals surface area contributed by atoms with E-state index < -0.39 is 10.0 Å². The lowest BCUT2D eigenvalue weighted by molar-refractivity contribution is -0.134. The van der Waals surface area contributed by atoms with E-state index in [9.17, 15) is 18.3 Å². The number of fused-ring (bicyclic) bond motifs is 1. The first-order chi connectivity index (χ1) is 19.1. The van der Waals surface area contributed by atoms with Gasteiger partial charge >= 0.3 is 0 Å². The van der Waals surface area contributed by atoms with Crippen molar-refractivity contribution < 1.29 is 23.1 Å². The molecule has 1 aromatic heterocycles. The Balaban J connectivity index is 1.63. The summed E-state index contributed by atoms with van der Waals surface area (Å²) in [5.74, 6) is 0.309. The average Bonchev–Trinajstić information content (AvgIpc) is 2.96. The second-order valence-electron chi connectivity index (χ2n) is 10.3. The third-order valence-electron chi connectivity index (χ3n) is 6.99. The SMILES string of the molecule is C[C@H]1CN([C@@H](C)CO)C(=O)Cc2cc(NS(=O)(=O)c3ccc(Cl)cc3)ccc2O[C@H]1CN(C)Cc1ccncc1. The van der Waals surface area contributed by atoms with Gasteiger partial charge in [0.15, 0.2) is 0 Å². The van der Waals surface area contributed by atoms with Crippen molar-refractivity contribution >= 4 is 33.2 Å². The standard InChI is InChI=1S/C29H35ClN4O5S/c1-20-16-34(21(2)19-35)29(36)15-23-14-25(32-40(37,38)26-7-4-24(30)5-8-26)6-9-27(23)39-28(20)18-33(3)17-22-10-12-31-13-11-22/h4-14,20-21,28,32,35H,15-19H2,1-3H3/t20-,21-,28-/m0/s1. The maximum Gasteiger partial charge on any atom is 0.261 e. The van der Waals surface area contributed by atoms with E-state index in [1.165, 1.54) is 24.3 Å². The van der Waals surface area contributed by atoms with Gasteiger partial charge < -0.3 is 14.7 Å². The molecule has 2 aromatic carbocycles. The van der Waals surface area contributed by atoms with Crippen LogP contribution in [0.2, 0.25) is 5.02 Å². The van der Waals surface area contributed by atoms with Gasteiger partial charge in [-0.3, -0.25) is 19.4 Å². The summed E-state index contributed by atoms with van der Waals surface area (Å²) >= 11 is 5.91. The molecule has 3 aromatic rings. The normalized spacial score (nSPS) is 18.8. The minimum atomic E-state index is -3.88. The Hall–Kier alpha value is -3.18. The fraction of sp³-hybridized carbons (Fsp3) is 0.379. The topological polar surface area (TPSA) is 112 Å². The van der Waals surface area contributed by atoms with Crippen molar-refractivity contribution in [2.24, 2.45) is 5.92 Å². The van der Waals surface area contributed by atoms with E-state index in [1.807, 2.05) is 33.0 Å². The largest absolute Gasteiger partial charge is 0.488 e. The number of hydrogen-bond donors (Lipinski definition) is 2. The van der Waals surface area contributed by atoms with Crippen LogP contribution in [0.4, 0.5) is 5.69 Å². The van der Waals surface area contributed by atoms with Gasteiger partial charge in [-0.25, -0.2) is 8.42 Å². The summed E-state index contributed by atoms with van der Waals surface area (Å²) in [6.45, 7) is 5.38. The van der Waals surface area contributed by atoms with Crippen molar-refractivity contribution in [1.29, 1.82) is 0 Å². The van der Waals surface area contributed by atoms with Crippen molar-refractivity contribution in [1.82, 2.24) is 14.8 Å². The number of amides is 1. The van der Waals surface area contributed by atoms with Crippen LogP contribution in [0.5, 0.6) is 5.75 Å². The van der Waals surface area contributed by atoms with E-state index in [0.717, 1.165) is 5.56 Å². The molecule has 4 rings (SSSR count). The Bertz CT molecular complexity index is 1410. The highest BCUT2D eigenvalue weighted by atomic mass is 35.5. The monoisotopic (exact) mass is 586 g/mol. The average molecular weight is 587 g/mol. The third-order valence-corrected chi connectivity index (χ3v) is 8.64. The van der Waals surface area contributed by atoms with Gasteiger partial charge in [0.1, 0.15) is 11.9 Å². The van der Waals surface area contributed by atoms with Crippen molar-refractivity contribution in [2.45, 2.75) is 43.9 Å². The van der Waals surface area contributed by atoms with Gasteiger partial charge in [-0.05, 0) is 74.1 Å². The first-order valence-corrected chi connectivity index (χ1v) is 15.0. The molecule has 0 aliphatic carbocycles. The number of carbonyl (C=O) groups is 1. The molecule has 40 heavy (non-hydrogen) atoms. The van der Waals surface area contributed by atoms with Crippen molar-refractivity contribution in [2.75, 3.05) is 31.5 Å². The summed E-state index contributed by atoms with van der Waals surface area (Å²) in [4.78, 5) is 21.4. The van der Waals surface area contributed by atoms with E-state index in [4.69, 9.17) is 16.3 Å². The molecule has 11 heteroatoms. The van der Waals surface area contributed by atoms with Gasteiger partial charge in [0.25, 0.3) is 10.0 Å². The fourth-order valence-corrected chi connectivity index (χ4v) is 5.89. The first kappa shape index (κ1) is 29.8. The number of hydrogen-bond acceptors (Lipinski definition) is 7. The van der Waals surface area contributed by atoms with Crippen LogP contribution in [0, 0.1) is 5.92 Å². The third kappa shape index (κ3) is 7.51. The van der Waals surface area contributed by atoms with E-state index in [-0.39, 0.29) is 41.9 Å². The number of nitrogens with one attached hydrogen (secondary N) is 1. The van der Waals surface area contributed by atoms with Crippen molar-refractivity contribution in [3.8, 4) is 5.75 Å². The number of aliphatic hydroxyl groups excluding tert-OH is 1. The van der Waals surface area contributed by atoms with Crippen molar-refractivity contribution in [3.63, 3.8) is 0 Å². The molecule has 0 saturated carbocycles. The Morgan fingerprint density at radius 3 is 2.55 bits per heavy atom. The lowest BCUT2D eigenvalue weighted by atomic mass is 10.0. The molecule has 0 spiro atoms. The number of benzene rings is 2. The molecule has 214 valence electrons. The number of rotatable bonds is 9. The van der Waals surface area contributed by atoms with Gasteiger partial charge in [-0.2, -0.15) is 0 Å². The summed E-state index contributed by atoms with van der Waals surface area (Å²) in [7, 11) is -1.86. The lowest BCUT2D eigenvalue weighted by Gasteiger charge is -2.34. The second kappa shape index (κ2) is 13.0. The summed E-state index contributed by atoms with van der Waals surface area (Å²) in [6.07, 6.45) is 3.25. The number of halogens is 1. The van der Waals surface area contributed by atoms with Crippen molar-refractivity contribution in [3.05, 3.63) is 83.1 Å². The molecule has 2 N–H and O–H groups in total. The maximum atomic E-state index is 13.4. The number of aromatic nitrogens is 1. The van der Waals surface area contributed by atoms with Crippen LogP contribution in [0.1, 0.15) is 25.0 Å². The number of pyridine rings is 1. The van der Waals surface area contributed by atoms with Gasteiger partial charge in [0.2, 0.25) is 5.91 Å². The summed E-state index contributed by atoms with van der Waals surface area (Å²) in [5.41, 5.74) is 2.00. The first-order valence-electron chi connectivity index (χ1n) is 13.1. The van der Waals surface area contributed by atoms with Gasteiger partial charge in [0, 0.05) is 54.2 Å². The molecule has 3 atom stereocenters. The number of sulfonamides is 1. The second-order valence-corrected chi connectivity index (χ2v) is 12.4. The number of ether oxygens (including phenoxy) is 1. The number of likely N-dealkylation sites (N-methyl/N-ethyl adjacent to an activating group) is 1. The van der Waals surface area contributed by atoms with Gasteiger partial charge in [-0.1, -0.05) is 18.5 Å². The molecule has 1 aliphatic rings. The summed E-state index contributed by atoms with van der Waals surface area (Å²) in [5, 5.41) is 10.3. The molecule has 9 nitrogen and oxygen atoms in total. The smallest absolute Gasteiger partial charge is 0.261 e. The molecule has 0 fully saturated rings. The predicted molar refractivity (Wildman–Crippen MR) is 155 cm³/mol. The highest BCUT2D eigenvalue weighted by molar-refractivity contribution is 7.92. The Labute approximate surface area is 240 Å². The maximum absolute atomic E-state index is 13.4. The number of carbonyl (C=O) groups excluding carboxylic acids is 1. The summed E-state index contributed by atoms with van der Waals surface area (Å²) in [6, 6.07) is 14.4. The molecule has 0 radical (unpaired) electrons. The quantitative estimate of drug-likeness (QED) is 0.392. The molecule has 1 amide bonds. The minimum absolute atomic E-state index is 0.00246. The van der Waals surface area contributed by atoms with Crippen LogP contribution in [0.3, 0.4) is 0 Å². The van der Waals surface area contributed by atoms with Gasteiger partial charge in [-0.15, -0.1) is 0 Å². The lowest BCUT2D eigenvalue weighted by Crippen LogP contribution is -2.47. The Morgan fingerprint density at radius 2 is 1.88 bits per heavy atom. The zero-order valence-electron chi connectivity index (χ0n) is 22.8. The van der Waals surface area contributed by atoms with Crippen LogP contribution in [0.15, 0.2) is 71.9 Å². The molecular formula is C29H35ClN4O5S. The number of aliphatic hydroxyl groups is 1. The van der Waals surface area contributed by atoms with Crippen LogP contribution < -0.4 is 9.46 Å². The summed E-state index contributed by atoms with van der Waals surface area (Å²) < 4.78 is 35.1. The molecule has 1 aliphatic heterocycles. The predicted octanol–water partition coefficient (Wildman–Crippen LogP) is 3.82. The molecule has 0 bridgehead atoms. The highest BCUT2D eigenvalue weighted by Crippen LogP contribution is 2.30. The van der Waals surface area contributed by atoms with Crippen LogP contribution in [-0.2, 0) is 27.8 Å². The highest BCUT2D eigenvalue weighted by Gasteiger charge is 2.31. The molecular weight excluding hydrogens is 552 g/mol. The van der Waals surface area contributed by atoms with E-state index >= 15 is 0 Å². The van der Waals surface area contributed by atoms with Crippen LogP contribution in [-0.4, -0.2) is 73.1 Å². The van der Waals surface area contributed by atoms with Gasteiger partial charge in [0.05, 0.1) is 24.0 Å². The van der Waals surface area contributed by atoms with E-state index in [2.05, 4.69) is 14.6 Å². The number of nitrogens with zero attached hydrogens (tertiary/aromatic N) is 3. The zero-order chi connectivity index (χ0) is 28.9. The molecule has 0 saturated heterocycles. The molecule has 2 heterocycles. The van der Waals surface area contributed by atoms with E-state index in [1.54, 1.807) is 35.5 Å². The van der Waals surface area contributed by atoms with Crippen LogP contribution >= 0.6 is 11.6 Å². The van der Waals surface area contributed by atoms with E-state index in [0.29, 0.717) is 41.7 Å². The Morgan fingerprint density at radius 1 is 1.18 bits per heavy atom. The zero-order valence-corrected chi connectivity index (χ0v) is 24.4.